The van der Waals surface area contributed by atoms with Crippen LogP contribution in [0.2, 0.25) is 0 Å². The van der Waals surface area contributed by atoms with Gasteiger partial charge in [-0.25, -0.2) is 9.36 Å². The van der Waals surface area contributed by atoms with Gasteiger partial charge in [0.2, 0.25) is 0 Å². The van der Waals surface area contributed by atoms with E-state index in [2.05, 4.69) is 0 Å². The number of thiazole rings is 1. The van der Waals surface area contributed by atoms with E-state index in [1.165, 1.54) is 17.4 Å². The van der Waals surface area contributed by atoms with Crippen molar-refractivity contribution in [2.45, 2.75) is 13.5 Å². The van der Waals surface area contributed by atoms with Gasteiger partial charge in [-0.3, -0.25) is 10.1 Å². The summed E-state index contributed by atoms with van der Waals surface area (Å²) in [6.45, 7) is 3.00. The highest BCUT2D eigenvalue weighted by molar-refractivity contribution is 7.18. The Balaban J connectivity index is 0.00000161. The minimum absolute atomic E-state index is 0. The number of non-ortho nitro benzene ring substituents is 1. The number of fused-ring (bicyclic) bond motifs is 1. The van der Waals surface area contributed by atoms with Gasteiger partial charge in [0.25, 0.3) is 5.69 Å². The summed E-state index contributed by atoms with van der Waals surface area (Å²) in [5.41, 5.74) is 0.874. The number of carbonyl (C=O) groups excluding carboxylic acids is 1. The summed E-state index contributed by atoms with van der Waals surface area (Å²) < 4.78 is 2.01. The first-order valence-electron chi connectivity index (χ1n) is 6.12. The third-order valence-corrected chi connectivity index (χ3v) is 4.44. The van der Waals surface area contributed by atoms with Crippen molar-refractivity contribution >= 4 is 28.1 Å². The monoisotopic (exact) mass is 369 g/mol. The first kappa shape index (κ1) is 15.6. The molecule has 0 N–H and O–H groups in total. The Labute approximate surface area is 135 Å². The van der Waals surface area contributed by atoms with Gasteiger partial charge in [-0.2, -0.15) is 4.90 Å². The predicted octanol–water partition coefficient (Wildman–Crippen LogP) is -1.02. The van der Waals surface area contributed by atoms with E-state index in [1.54, 1.807) is 24.0 Å². The minimum atomic E-state index is -0.403. The van der Waals surface area contributed by atoms with Crippen molar-refractivity contribution < 1.29 is 31.3 Å². The van der Waals surface area contributed by atoms with Crippen LogP contribution in [0.25, 0.3) is 10.4 Å². The van der Waals surface area contributed by atoms with Crippen LogP contribution in [0, 0.1) is 10.1 Å². The second kappa shape index (κ2) is 5.90. The Bertz CT molecular complexity index is 716. The van der Waals surface area contributed by atoms with Gasteiger partial charge in [0.1, 0.15) is 19.3 Å². The van der Waals surface area contributed by atoms with E-state index in [9.17, 15) is 14.9 Å². The van der Waals surface area contributed by atoms with Crippen LogP contribution in [0.3, 0.4) is 0 Å². The van der Waals surface area contributed by atoms with Gasteiger partial charge in [-0.1, -0.05) is 12.1 Å². The molecule has 0 spiro atoms. The smallest absolute Gasteiger partial charge is 0.344 e. The fourth-order valence-electron chi connectivity index (χ4n) is 2.25. The zero-order chi connectivity index (χ0) is 14.3. The van der Waals surface area contributed by atoms with Crippen LogP contribution in [-0.2, 0) is 11.3 Å². The number of rotatable bonds is 2. The Kier molecular flexibility index (Phi) is 4.38. The van der Waals surface area contributed by atoms with Crippen molar-refractivity contribution in [2.24, 2.45) is 0 Å². The molecule has 0 radical (unpaired) electrons. The molecule has 21 heavy (non-hydrogen) atoms. The van der Waals surface area contributed by atoms with Crippen molar-refractivity contribution in [1.82, 2.24) is 0 Å². The number of hydrogen-bond acceptors (Lipinski definition) is 4. The summed E-state index contributed by atoms with van der Waals surface area (Å²) in [6, 6.07) is 6.54. The lowest BCUT2D eigenvalue weighted by Crippen LogP contribution is -3.00. The maximum atomic E-state index is 11.5. The fourth-order valence-corrected chi connectivity index (χ4v) is 3.46. The molecule has 110 valence electrons. The fraction of sp³-hybridized carbons (Fsp3) is 0.231. The first-order valence-corrected chi connectivity index (χ1v) is 6.94. The topological polar surface area (TPSA) is 67.3 Å². The molecule has 2 heterocycles. The van der Waals surface area contributed by atoms with Crippen LogP contribution < -0.4 is 26.4 Å². The van der Waals surface area contributed by atoms with Gasteiger partial charge < -0.3 is 17.0 Å². The van der Waals surface area contributed by atoms with Crippen molar-refractivity contribution in [3.63, 3.8) is 0 Å². The number of halogens is 1. The van der Waals surface area contributed by atoms with E-state index in [0.29, 0.717) is 6.54 Å². The maximum Gasteiger partial charge on any atom is 0.344 e. The van der Waals surface area contributed by atoms with Crippen molar-refractivity contribution in [2.75, 3.05) is 11.4 Å². The highest BCUT2D eigenvalue weighted by Gasteiger charge is 2.34. The number of benzene rings is 1. The normalized spacial score (nSPS) is 12.7. The quantitative estimate of drug-likeness (QED) is 0.386. The molecule has 0 bridgehead atoms. The summed E-state index contributed by atoms with van der Waals surface area (Å²) in [5, 5.41) is 11.7. The molecule has 0 fully saturated rings. The average Bonchev–Trinajstić information content (AvgIpc) is 2.97. The number of aromatic nitrogens is 1. The number of nitro benzene ring substituents is 1. The highest BCUT2D eigenvalue weighted by Crippen LogP contribution is 2.33. The summed E-state index contributed by atoms with van der Waals surface area (Å²) >= 11 is 1.48. The van der Waals surface area contributed by atoms with Gasteiger partial charge in [0.15, 0.2) is 0 Å². The number of nitro groups is 1. The zero-order valence-electron chi connectivity index (χ0n) is 11.2. The molecule has 2 aromatic rings. The molecule has 1 amide bonds. The number of nitrogens with zero attached hydrogens (tertiary/aromatic N) is 3. The second-order valence-electron chi connectivity index (χ2n) is 4.55. The predicted molar refractivity (Wildman–Crippen MR) is 74.6 cm³/mol. The van der Waals surface area contributed by atoms with Gasteiger partial charge in [0.05, 0.1) is 9.80 Å². The van der Waals surface area contributed by atoms with E-state index in [-0.39, 0.29) is 28.6 Å². The third-order valence-electron chi connectivity index (χ3n) is 3.24. The summed E-state index contributed by atoms with van der Waals surface area (Å²) in [4.78, 5) is 24.6. The van der Waals surface area contributed by atoms with Gasteiger partial charge in [-0.15, -0.1) is 0 Å². The molecule has 0 atom stereocenters. The Morgan fingerprint density at radius 2 is 2.24 bits per heavy atom. The molecule has 3 rings (SSSR count). The summed E-state index contributed by atoms with van der Waals surface area (Å²) in [5.74, 6) is 0.0173. The SMILES string of the molecule is CC(=O)N1CC[n+]2cc(-c3cccc([N+](=O)[O-])c3)sc21.[Br-]. The van der Waals surface area contributed by atoms with Gasteiger partial charge >= 0.3 is 11.0 Å². The van der Waals surface area contributed by atoms with Crippen molar-refractivity contribution in [3.8, 4) is 10.4 Å². The zero-order valence-corrected chi connectivity index (χ0v) is 13.6. The van der Waals surface area contributed by atoms with E-state index in [0.717, 1.165) is 22.1 Å². The van der Waals surface area contributed by atoms with E-state index >= 15 is 0 Å². The summed E-state index contributed by atoms with van der Waals surface area (Å²) in [7, 11) is 0. The molecule has 1 aromatic heterocycles. The Morgan fingerprint density at radius 3 is 2.90 bits per heavy atom. The van der Waals surface area contributed by atoms with Crippen LogP contribution in [0.4, 0.5) is 10.8 Å². The van der Waals surface area contributed by atoms with Gasteiger partial charge in [0, 0.05) is 24.6 Å². The van der Waals surface area contributed by atoms with Crippen LogP contribution in [0.1, 0.15) is 6.92 Å². The highest BCUT2D eigenvalue weighted by atomic mass is 79.9. The average molecular weight is 370 g/mol. The van der Waals surface area contributed by atoms with Crippen molar-refractivity contribution in [1.29, 1.82) is 0 Å². The first-order chi connectivity index (χ1) is 9.56. The largest absolute Gasteiger partial charge is 1.00 e. The molecule has 0 saturated carbocycles. The lowest BCUT2D eigenvalue weighted by atomic mass is 10.2. The van der Waals surface area contributed by atoms with Gasteiger partial charge in [-0.05, 0) is 11.3 Å². The molecule has 1 aliphatic heterocycles. The van der Waals surface area contributed by atoms with Crippen LogP contribution in [0.5, 0.6) is 0 Å². The standard InChI is InChI=1S/C13H12N3O3S.BrH/c1-9(17)15-6-5-14-8-12(20-13(14)15)10-3-2-4-11(7-10)16(18)19;/h2-4,7-8H,5-6H2,1H3;1H/q+1;/p-1. The number of anilines is 1. The van der Waals surface area contributed by atoms with Crippen LogP contribution >= 0.6 is 11.3 Å². The lowest BCUT2D eigenvalue weighted by molar-refractivity contribution is -0.666. The van der Waals surface area contributed by atoms with E-state index in [1.807, 2.05) is 16.8 Å². The molecular formula is C13H12BrN3O3S. The van der Waals surface area contributed by atoms with Crippen LogP contribution in [0.15, 0.2) is 30.5 Å². The molecule has 6 nitrogen and oxygen atoms in total. The molecule has 1 aromatic carbocycles. The number of hydrogen-bond donors (Lipinski definition) is 0. The second-order valence-corrected chi connectivity index (χ2v) is 5.56. The third kappa shape index (κ3) is 2.81. The van der Waals surface area contributed by atoms with Crippen molar-refractivity contribution in [3.05, 3.63) is 40.6 Å². The molecule has 1 aliphatic rings. The van der Waals surface area contributed by atoms with Crippen LogP contribution in [-0.4, -0.2) is 17.4 Å². The van der Waals surface area contributed by atoms with E-state index in [4.69, 9.17) is 0 Å². The van der Waals surface area contributed by atoms with E-state index < -0.39 is 4.92 Å². The molecule has 0 unspecified atom stereocenters. The Hall–Kier alpha value is -1.80. The number of carbonyl (C=O) groups is 1. The minimum Gasteiger partial charge on any atom is -1.00 e. The molecular weight excluding hydrogens is 358 g/mol. The molecule has 0 saturated heterocycles. The lowest BCUT2D eigenvalue weighted by Gasteiger charge is -2.01. The molecule has 0 aliphatic carbocycles. The summed E-state index contributed by atoms with van der Waals surface area (Å²) in [6.07, 6.45) is 1.95. The maximum absolute atomic E-state index is 11.5. The number of amides is 1. The Morgan fingerprint density at radius 1 is 1.48 bits per heavy atom. The molecule has 8 heteroatoms.